The predicted molar refractivity (Wildman–Crippen MR) is 63.1 cm³/mol. The molecular weight excluding hydrogens is 240 g/mol. The van der Waals surface area contributed by atoms with Crippen LogP contribution in [0, 0.1) is 11.6 Å². The van der Waals surface area contributed by atoms with Gasteiger partial charge in [-0.2, -0.15) is 0 Å². The van der Waals surface area contributed by atoms with E-state index >= 15 is 0 Å². The molecular formula is C13H17F2NO2. The smallest absolute Gasteiger partial charge is 0.159 e. The molecule has 2 N–H and O–H groups in total. The minimum absolute atomic E-state index is 0.499. The molecule has 0 saturated carbocycles. The molecule has 3 nitrogen and oxygen atoms in total. The highest BCUT2D eigenvalue weighted by Crippen LogP contribution is 2.35. The van der Waals surface area contributed by atoms with Crippen molar-refractivity contribution < 1.29 is 18.3 Å². The van der Waals surface area contributed by atoms with E-state index in [0.717, 1.165) is 12.1 Å². The normalized spacial score (nSPS) is 20.7. The summed E-state index contributed by atoms with van der Waals surface area (Å²) >= 11 is 0. The summed E-state index contributed by atoms with van der Waals surface area (Å²) in [5.74, 6) is -1.76. The van der Waals surface area contributed by atoms with Gasteiger partial charge in [-0.1, -0.05) is 6.07 Å². The van der Waals surface area contributed by atoms with Gasteiger partial charge in [0.1, 0.15) is 0 Å². The average molecular weight is 257 g/mol. The number of methoxy groups -OCH3 is 1. The highest BCUT2D eigenvalue weighted by atomic mass is 19.2. The molecule has 1 aliphatic rings. The Balaban J connectivity index is 2.27. The van der Waals surface area contributed by atoms with Crippen molar-refractivity contribution in [3.8, 4) is 0 Å². The zero-order valence-electron chi connectivity index (χ0n) is 10.3. The standard InChI is InChI=1S/C13H17F2NO2/c1-17-13(4-6-18-7-5-13)12(16)9-2-3-10(14)11(15)8-9/h2-3,8,12H,4-7,16H2,1H3. The minimum Gasteiger partial charge on any atom is -0.381 e. The molecule has 1 fully saturated rings. The summed E-state index contributed by atoms with van der Waals surface area (Å²) in [5.41, 5.74) is 6.14. The second kappa shape index (κ2) is 5.30. The summed E-state index contributed by atoms with van der Waals surface area (Å²) in [6.07, 6.45) is 1.29. The third kappa shape index (κ3) is 2.39. The topological polar surface area (TPSA) is 44.5 Å². The number of hydrogen-bond donors (Lipinski definition) is 1. The van der Waals surface area contributed by atoms with Crippen LogP contribution in [0.5, 0.6) is 0 Å². The second-order valence-electron chi connectivity index (χ2n) is 4.53. The van der Waals surface area contributed by atoms with Crippen molar-refractivity contribution in [2.45, 2.75) is 24.5 Å². The third-order valence-electron chi connectivity index (χ3n) is 3.62. The number of hydrogen-bond acceptors (Lipinski definition) is 3. The van der Waals surface area contributed by atoms with Gasteiger partial charge >= 0.3 is 0 Å². The molecule has 0 radical (unpaired) electrons. The van der Waals surface area contributed by atoms with Crippen molar-refractivity contribution in [1.82, 2.24) is 0 Å². The summed E-state index contributed by atoms with van der Waals surface area (Å²) in [6, 6.07) is 3.23. The molecule has 1 aliphatic heterocycles. The Hall–Kier alpha value is -1.04. The first-order chi connectivity index (χ1) is 8.59. The molecule has 0 aromatic heterocycles. The number of benzene rings is 1. The third-order valence-corrected chi connectivity index (χ3v) is 3.62. The summed E-state index contributed by atoms with van der Waals surface area (Å²) < 4.78 is 37.0. The van der Waals surface area contributed by atoms with Gasteiger partial charge in [-0.15, -0.1) is 0 Å². The maximum absolute atomic E-state index is 13.2. The van der Waals surface area contributed by atoms with Crippen LogP contribution >= 0.6 is 0 Å². The van der Waals surface area contributed by atoms with E-state index in [4.69, 9.17) is 15.2 Å². The van der Waals surface area contributed by atoms with E-state index < -0.39 is 23.3 Å². The van der Waals surface area contributed by atoms with Crippen LogP contribution in [0.3, 0.4) is 0 Å². The maximum Gasteiger partial charge on any atom is 0.159 e. The number of nitrogens with two attached hydrogens (primary N) is 1. The van der Waals surface area contributed by atoms with Crippen molar-refractivity contribution in [3.63, 3.8) is 0 Å². The Morgan fingerprint density at radius 1 is 1.28 bits per heavy atom. The molecule has 1 atom stereocenters. The van der Waals surface area contributed by atoms with Crippen LogP contribution in [0.1, 0.15) is 24.4 Å². The highest BCUT2D eigenvalue weighted by molar-refractivity contribution is 5.24. The van der Waals surface area contributed by atoms with E-state index in [-0.39, 0.29) is 0 Å². The Labute approximate surface area is 105 Å². The zero-order valence-corrected chi connectivity index (χ0v) is 10.3. The first-order valence-corrected chi connectivity index (χ1v) is 5.92. The maximum atomic E-state index is 13.2. The van der Waals surface area contributed by atoms with Crippen LogP contribution < -0.4 is 5.73 Å². The fourth-order valence-electron chi connectivity index (χ4n) is 2.37. The number of ether oxygens (including phenoxy) is 2. The first kappa shape index (κ1) is 13.4. The van der Waals surface area contributed by atoms with Crippen LogP contribution in [0.4, 0.5) is 8.78 Å². The van der Waals surface area contributed by atoms with Crippen LogP contribution in [-0.2, 0) is 9.47 Å². The van der Waals surface area contributed by atoms with Gasteiger partial charge in [-0.25, -0.2) is 8.78 Å². The lowest BCUT2D eigenvalue weighted by Gasteiger charge is -2.40. The lowest BCUT2D eigenvalue weighted by molar-refractivity contribution is -0.105. The Bertz CT molecular complexity index is 419. The van der Waals surface area contributed by atoms with E-state index in [0.29, 0.717) is 31.6 Å². The van der Waals surface area contributed by atoms with E-state index in [1.165, 1.54) is 6.07 Å². The average Bonchev–Trinajstić information content (AvgIpc) is 2.42. The molecule has 1 saturated heterocycles. The molecule has 18 heavy (non-hydrogen) atoms. The molecule has 0 aliphatic carbocycles. The summed E-state index contributed by atoms with van der Waals surface area (Å²) in [5, 5.41) is 0. The first-order valence-electron chi connectivity index (χ1n) is 5.92. The SMILES string of the molecule is COC1(C(N)c2ccc(F)c(F)c2)CCOCC1. The number of halogens is 2. The van der Waals surface area contributed by atoms with Gasteiger partial charge in [-0.3, -0.25) is 0 Å². The molecule has 1 unspecified atom stereocenters. The van der Waals surface area contributed by atoms with Gasteiger partial charge in [0.2, 0.25) is 0 Å². The zero-order chi connectivity index (χ0) is 13.2. The fourth-order valence-corrected chi connectivity index (χ4v) is 2.37. The highest BCUT2D eigenvalue weighted by Gasteiger charge is 2.39. The van der Waals surface area contributed by atoms with Crippen LogP contribution in [0.2, 0.25) is 0 Å². The summed E-state index contributed by atoms with van der Waals surface area (Å²) in [7, 11) is 1.59. The van der Waals surface area contributed by atoms with Crippen molar-refractivity contribution in [1.29, 1.82) is 0 Å². The quantitative estimate of drug-likeness (QED) is 0.902. The van der Waals surface area contributed by atoms with E-state index in [2.05, 4.69) is 0 Å². The van der Waals surface area contributed by atoms with Gasteiger partial charge in [0.05, 0.1) is 11.6 Å². The van der Waals surface area contributed by atoms with Gasteiger partial charge in [0.25, 0.3) is 0 Å². The lowest BCUT2D eigenvalue weighted by atomic mass is 9.82. The lowest BCUT2D eigenvalue weighted by Crippen LogP contribution is -2.47. The fraction of sp³-hybridized carbons (Fsp3) is 0.538. The van der Waals surface area contributed by atoms with E-state index in [1.54, 1.807) is 7.11 Å². The van der Waals surface area contributed by atoms with Crippen LogP contribution in [0.15, 0.2) is 18.2 Å². The largest absolute Gasteiger partial charge is 0.381 e. The van der Waals surface area contributed by atoms with Gasteiger partial charge < -0.3 is 15.2 Å². The molecule has 1 aromatic carbocycles. The Morgan fingerprint density at radius 3 is 2.50 bits per heavy atom. The van der Waals surface area contributed by atoms with Crippen molar-refractivity contribution in [2.24, 2.45) is 5.73 Å². The Morgan fingerprint density at radius 2 is 1.94 bits per heavy atom. The minimum atomic E-state index is -0.888. The van der Waals surface area contributed by atoms with Gasteiger partial charge in [0, 0.05) is 33.2 Å². The Kier molecular flexibility index (Phi) is 3.94. The molecule has 1 heterocycles. The molecule has 1 aromatic rings. The van der Waals surface area contributed by atoms with Crippen molar-refractivity contribution in [2.75, 3.05) is 20.3 Å². The predicted octanol–water partition coefficient (Wildman–Crippen LogP) is 2.16. The van der Waals surface area contributed by atoms with E-state index in [1.807, 2.05) is 0 Å². The molecule has 0 bridgehead atoms. The molecule has 5 heteroatoms. The van der Waals surface area contributed by atoms with Crippen molar-refractivity contribution >= 4 is 0 Å². The number of rotatable bonds is 3. The van der Waals surface area contributed by atoms with Gasteiger partial charge in [0.15, 0.2) is 11.6 Å². The van der Waals surface area contributed by atoms with E-state index in [9.17, 15) is 8.78 Å². The second-order valence-corrected chi connectivity index (χ2v) is 4.53. The molecule has 100 valence electrons. The molecule has 2 rings (SSSR count). The monoisotopic (exact) mass is 257 g/mol. The van der Waals surface area contributed by atoms with Crippen molar-refractivity contribution in [3.05, 3.63) is 35.4 Å². The van der Waals surface area contributed by atoms with Crippen LogP contribution in [-0.4, -0.2) is 25.9 Å². The summed E-state index contributed by atoms with van der Waals surface area (Å²) in [4.78, 5) is 0. The van der Waals surface area contributed by atoms with Crippen LogP contribution in [0.25, 0.3) is 0 Å². The molecule has 0 spiro atoms. The summed E-state index contributed by atoms with van der Waals surface area (Å²) in [6.45, 7) is 1.12. The molecule has 0 amide bonds. The van der Waals surface area contributed by atoms with Gasteiger partial charge in [-0.05, 0) is 17.7 Å².